The van der Waals surface area contributed by atoms with Crippen LogP contribution in [-0.2, 0) is 18.3 Å². The second-order valence-electron chi connectivity index (χ2n) is 5.63. The summed E-state index contributed by atoms with van der Waals surface area (Å²) in [5, 5.41) is 0. The van der Waals surface area contributed by atoms with Crippen LogP contribution < -0.4 is 0 Å². The van der Waals surface area contributed by atoms with Crippen LogP contribution in [0.1, 0.15) is 0 Å². The molecule has 1 unspecified atom stereocenters. The van der Waals surface area contributed by atoms with Crippen LogP contribution in [0.25, 0.3) is 0 Å². The van der Waals surface area contributed by atoms with Crippen molar-refractivity contribution in [2.24, 2.45) is 0 Å². The van der Waals surface area contributed by atoms with Gasteiger partial charge in [0.1, 0.15) is 0 Å². The van der Waals surface area contributed by atoms with Gasteiger partial charge in [0.2, 0.25) is 0 Å². The second-order valence-corrected chi connectivity index (χ2v) is 16.8. The van der Waals surface area contributed by atoms with Gasteiger partial charge in [-0.15, -0.1) is 0 Å². The molecule has 0 bridgehead atoms. The molecule has 0 N–H and O–H groups in total. The van der Waals surface area contributed by atoms with E-state index in [-0.39, 0.29) is 0 Å². The van der Waals surface area contributed by atoms with Gasteiger partial charge in [-0.25, -0.2) is 0 Å². The third-order valence-corrected chi connectivity index (χ3v) is 6.12. The summed E-state index contributed by atoms with van der Waals surface area (Å²) in [5.74, 6) is 0. The van der Waals surface area contributed by atoms with Crippen molar-refractivity contribution in [1.82, 2.24) is 0 Å². The summed E-state index contributed by atoms with van der Waals surface area (Å²) in [7, 11) is -5.02. The van der Waals surface area contributed by atoms with Crippen molar-refractivity contribution < 1.29 is 18.3 Å². The normalized spacial score (nSPS) is 14.1. The molecule has 0 aromatic carbocycles. The largest absolute Gasteiger partial charge is 0.716 e. The maximum Gasteiger partial charge on any atom is 0.716 e. The Morgan fingerprint density at radius 3 is 2.00 bits per heavy atom. The zero-order valence-electron chi connectivity index (χ0n) is 10.5. The van der Waals surface area contributed by atoms with Gasteiger partial charge in [0.05, 0.1) is 11.3 Å². The van der Waals surface area contributed by atoms with E-state index in [1.54, 1.807) is 0 Å². The molecule has 0 aromatic heterocycles. The number of rotatable bonds is 7. The number of hydrogen-bond acceptors (Lipinski definition) is 4. The minimum atomic E-state index is -2.11. The molecular weight excluding hydrogens is 247 g/mol. The maximum absolute atomic E-state index is 11.2. The highest BCUT2D eigenvalue weighted by atomic mass is 31.1. The SMILES string of the molecule is C[Si](C)(C)CCOO[P+](=O)O[Si](C)(C)C. The van der Waals surface area contributed by atoms with Gasteiger partial charge in [0, 0.05) is 12.6 Å². The third-order valence-electron chi connectivity index (χ3n) is 1.40. The van der Waals surface area contributed by atoms with E-state index in [1.807, 2.05) is 19.6 Å². The predicted molar refractivity (Wildman–Crippen MR) is 67.2 cm³/mol. The Labute approximate surface area is 95.3 Å². The molecule has 0 aliphatic heterocycles. The first-order valence-electron chi connectivity index (χ1n) is 5.06. The first-order chi connectivity index (χ1) is 6.60. The topological polar surface area (TPSA) is 44.8 Å². The Kier molecular flexibility index (Phi) is 6.40. The molecule has 4 nitrogen and oxygen atoms in total. The lowest BCUT2D eigenvalue weighted by molar-refractivity contribution is -0.202. The Morgan fingerprint density at radius 2 is 1.60 bits per heavy atom. The lowest BCUT2D eigenvalue weighted by Crippen LogP contribution is -2.22. The van der Waals surface area contributed by atoms with Gasteiger partial charge in [0.15, 0.2) is 0 Å². The lowest BCUT2D eigenvalue weighted by atomic mass is 10.9. The van der Waals surface area contributed by atoms with Crippen molar-refractivity contribution in [3.8, 4) is 0 Å². The molecule has 7 heteroatoms. The van der Waals surface area contributed by atoms with E-state index < -0.39 is 24.6 Å². The van der Waals surface area contributed by atoms with Crippen molar-refractivity contribution in [1.29, 1.82) is 0 Å². The van der Waals surface area contributed by atoms with Crippen LogP contribution in [0.4, 0.5) is 0 Å². The Bertz CT molecular complexity index is 210. The lowest BCUT2D eigenvalue weighted by Gasteiger charge is -2.13. The Hall–Kier alpha value is 0.414. The molecule has 0 aliphatic rings. The van der Waals surface area contributed by atoms with E-state index >= 15 is 0 Å². The van der Waals surface area contributed by atoms with Crippen LogP contribution in [0.2, 0.25) is 45.3 Å². The molecule has 0 amide bonds. The summed E-state index contributed by atoms with van der Waals surface area (Å²) in [6.45, 7) is 13.1. The predicted octanol–water partition coefficient (Wildman–Crippen LogP) is 3.78. The van der Waals surface area contributed by atoms with Crippen molar-refractivity contribution in [3.63, 3.8) is 0 Å². The standard InChI is InChI=1S/C8H22O4PSi2/c1-14(2,3)8-7-10-11-13(9)12-15(4,5)6/h7-8H2,1-6H3/q+1. The van der Waals surface area contributed by atoms with Crippen LogP contribution in [0.15, 0.2) is 0 Å². The van der Waals surface area contributed by atoms with Crippen LogP contribution >= 0.6 is 8.25 Å². The first kappa shape index (κ1) is 15.4. The van der Waals surface area contributed by atoms with E-state index in [0.29, 0.717) is 6.61 Å². The monoisotopic (exact) mass is 269 g/mol. The van der Waals surface area contributed by atoms with Crippen molar-refractivity contribution in [3.05, 3.63) is 0 Å². The molecule has 0 spiro atoms. The number of hydrogen-bond donors (Lipinski definition) is 0. The van der Waals surface area contributed by atoms with E-state index in [4.69, 9.17) is 9.10 Å². The minimum absolute atomic E-state index is 0.492. The molecule has 0 saturated heterocycles. The molecule has 0 rings (SSSR count). The maximum atomic E-state index is 11.2. The first-order valence-corrected chi connectivity index (χ1v) is 13.3. The molecule has 0 aromatic rings. The Morgan fingerprint density at radius 1 is 1.07 bits per heavy atom. The van der Waals surface area contributed by atoms with E-state index in [9.17, 15) is 4.57 Å². The summed E-state index contributed by atoms with van der Waals surface area (Å²) in [6, 6.07) is 0.989. The molecule has 0 radical (unpaired) electrons. The highest BCUT2D eigenvalue weighted by molar-refractivity contribution is 7.35. The van der Waals surface area contributed by atoms with E-state index in [2.05, 4.69) is 24.3 Å². The molecule has 90 valence electrons. The third kappa shape index (κ3) is 12.3. The second kappa shape index (κ2) is 6.22. The zero-order valence-corrected chi connectivity index (χ0v) is 13.4. The molecule has 0 saturated carbocycles. The van der Waals surface area contributed by atoms with Crippen LogP contribution in [0, 0.1) is 0 Å². The highest BCUT2D eigenvalue weighted by Gasteiger charge is 2.33. The summed E-state index contributed by atoms with van der Waals surface area (Å²) >= 11 is 0. The molecule has 1 atom stereocenters. The van der Waals surface area contributed by atoms with Crippen molar-refractivity contribution >= 4 is 24.6 Å². The van der Waals surface area contributed by atoms with Crippen molar-refractivity contribution in [2.75, 3.05) is 6.61 Å². The molecule has 0 aliphatic carbocycles. The van der Waals surface area contributed by atoms with Crippen LogP contribution in [-0.4, -0.2) is 23.0 Å². The quantitative estimate of drug-likeness (QED) is 0.232. The molecule has 0 heterocycles. The summed E-state index contributed by atoms with van der Waals surface area (Å²) in [5.41, 5.74) is 0. The summed E-state index contributed by atoms with van der Waals surface area (Å²) < 4.78 is 21.0. The molecule has 0 fully saturated rings. The van der Waals surface area contributed by atoms with Gasteiger partial charge in [-0.2, -0.15) is 9.10 Å². The average Bonchev–Trinajstić information content (AvgIpc) is 1.92. The zero-order chi connectivity index (χ0) is 12.1. The fraction of sp³-hybridized carbons (Fsp3) is 1.00. The average molecular weight is 269 g/mol. The van der Waals surface area contributed by atoms with Crippen LogP contribution in [0.3, 0.4) is 0 Å². The van der Waals surface area contributed by atoms with Crippen LogP contribution in [0.5, 0.6) is 0 Å². The molecular formula is C8H22O4PSi2+. The van der Waals surface area contributed by atoms with Gasteiger partial charge in [0.25, 0.3) is 8.32 Å². The smallest absolute Gasteiger partial charge is 0.188 e. The fourth-order valence-corrected chi connectivity index (χ4v) is 3.43. The van der Waals surface area contributed by atoms with Crippen molar-refractivity contribution in [2.45, 2.75) is 45.3 Å². The van der Waals surface area contributed by atoms with E-state index in [1.165, 1.54) is 0 Å². The van der Waals surface area contributed by atoms with Gasteiger partial charge in [-0.1, -0.05) is 19.6 Å². The summed E-state index contributed by atoms with van der Waals surface area (Å²) in [6.07, 6.45) is 0. The van der Waals surface area contributed by atoms with Gasteiger partial charge >= 0.3 is 8.25 Å². The van der Waals surface area contributed by atoms with Gasteiger partial charge in [-0.05, 0) is 25.7 Å². The summed E-state index contributed by atoms with van der Waals surface area (Å²) in [4.78, 5) is 4.87. The molecule has 15 heavy (non-hydrogen) atoms. The van der Waals surface area contributed by atoms with Gasteiger partial charge in [-0.3, -0.25) is 0 Å². The fourth-order valence-electron chi connectivity index (χ4n) is 0.667. The van der Waals surface area contributed by atoms with Gasteiger partial charge < -0.3 is 0 Å². The minimum Gasteiger partial charge on any atom is -0.188 e. The highest BCUT2D eigenvalue weighted by Crippen LogP contribution is 2.29. The van der Waals surface area contributed by atoms with E-state index in [0.717, 1.165) is 6.04 Å². The Balaban J connectivity index is 3.57.